The van der Waals surface area contributed by atoms with E-state index in [0.717, 1.165) is 28.0 Å². The molecule has 0 fully saturated rings. The summed E-state index contributed by atoms with van der Waals surface area (Å²) in [7, 11) is 0. The van der Waals surface area contributed by atoms with Gasteiger partial charge in [-0.05, 0) is 50.2 Å². The van der Waals surface area contributed by atoms with E-state index < -0.39 is 0 Å². The minimum absolute atomic E-state index is 0.185. The Hall–Kier alpha value is -4.00. The van der Waals surface area contributed by atoms with Crippen molar-refractivity contribution in [3.63, 3.8) is 0 Å². The van der Waals surface area contributed by atoms with Crippen molar-refractivity contribution in [2.75, 3.05) is 6.61 Å². The second-order valence-corrected chi connectivity index (χ2v) is 7.05. The molecule has 0 radical (unpaired) electrons. The van der Waals surface area contributed by atoms with Crippen molar-refractivity contribution >= 4 is 23.0 Å². The Labute approximate surface area is 179 Å². The number of rotatable bonds is 6. The zero-order valence-electron chi connectivity index (χ0n) is 17.2. The third kappa shape index (κ3) is 4.45. The number of nitrogens with one attached hydrogen (secondary N) is 1. The Morgan fingerprint density at radius 1 is 1.16 bits per heavy atom. The van der Waals surface area contributed by atoms with Gasteiger partial charge in [0.05, 0.1) is 6.21 Å². The number of pyridine rings is 1. The number of hydrogen-bond donors (Lipinski definition) is 1. The van der Waals surface area contributed by atoms with Crippen molar-refractivity contribution in [3.05, 3.63) is 89.6 Å². The minimum atomic E-state index is -0.386. The molecule has 0 aliphatic heterocycles. The molecule has 2 aromatic carbocycles. The second kappa shape index (κ2) is 8.79. The summed E-state index contributed by atoms with van der Waals surface area (Å²) in [5.41, 5.74) is 6.54. The fourth-order valence-corrected chi connectivity index (χ4v) is 3.47. The van der Waals surface area contributed by atoms with Crippen LogP contribution in [0, 0.1) is 19.7 Å². The van der Waals surface area contributed by atoms with Gasteiger partial charge in [-0.1, -0.05) is 24.3 Å². The highest BCUT2D eigenvalue weighted by Gasteiger charge is 2.10. The predicted molar refractivity (Wildman–Crippen MR) is 118 cm³/mol. The highest BCUT2D eigenvalue weighted by Crippen LogP contribution is 2.23. The van der Waals surface area contributed by atoms with E-state index in [4.69, 9.17) is 4.74 Å². The molecular weight excluding hydrogens is 395 g/mol. The second-order valence-electron chi connectivity index (χ2n) is 7.05. The number of hydrogen-bond acceptors (Lipinski definition) is 4. The molecule has 7 heteroatoms. The van der Waals surface area contributed by atoms with E-state index in [1.807, 2.05) is 54.8 Å². The van der Waals surface area contributed by atoms with Gasteiger partial charge in [-0.15, -0.1) is 0 Å². The van der Waals surface area contributed by atoms with Crippen LogP contribution >= 0.6 is 0 Å². The third-order valence-electron chi connectivity index (χ3n) is 4.88. The van der Waals surface area contributed by atoms with Crippen molar-refractivity contribution in [2.24, 2.45) is 5.10 Å². The first kappa shape index (κ1) is 20.3. The van der Waals surface area contributed by atoms with Crippen LogP contribution in [0.1, 0.15) is 17.0 Å². The minimum Gasteiger partial charge on any atom is -0.481 e. The van der Waals surface area contributed by atoms with Gasteiger partial charge in [-0.3, -0.25) is 9.78 Å². The predicted octanol–water partition coefficient (Wildman–Crippen LogP) is 4.31. The van der Waals surface area contributed by atoms with Gasteiger partial charge in [0, 0.05) is 34.2 Å². The van der Waals surface area contributed by atoms with E-state index >= 15 is 0 Å². The van der Waals surface area contributed by atoms with Crippen LogP contribution in [0.5, 0.6) is 5.75 Å². The van der Waals surface area contributed by atoms with Crippen molar-refractivity contribution in [3.8, 4) is 11.4 Å². The molecule has 6 nitrogen and oxygen atoms in total. The van der Waals surface area contributed by atoms with Gasteiger partial charge in [-0.25, -0.2) is 9.82 Å². The molecule has 0 aliphatic carbocycles. The van der Waals surface area contributed by atoms with Crippen LogP contribution in [0.15, 0.2) is 72.0 Å². The summed E-state index contributed by atoms with van der Waals surface area (Å²) < 4.78 is 21.1. The fourth-order valence-electron chi connectivity index (χ4n) is 3.47. The lowest BCUT2D eigenvalue weighted by atomic mass is 10.2. The Balaban J connectivity index is 1.41. The Morgan fingerprint density at radius 3 is 2.81 bits per heavy atom. The SMILES string of the molecule is Cc1cc(C=NNC(=O)COc2cccc3cccnc23)c(C)n1-c1cccc(F)c1. The van der Waals surface area contributed by atoms with E-state index in [-0.39, 0.29) is 18.3 Å². The number of nitrogens with zero attached hydrogens (tertiary/aromatic N) is 3. The van der Waals surface area contributed by atoms with Crippen LogP contribution in [0.3, 0.4) is 0 Å². The molecule has 0 unspecified atom stereocenters. The summed E-state index contributed by atoms with van der Waals surface area (Å²) in [6.45, 7) is 3.66. The largest absolute Gasteiger partial charge is 0.481 e. The molecule has 0 saturated heterocycles. The van der Waals surface area contributed by atoms with E-state index in [1.54, 1.807) is 24.5 Å². The number of aryl methyl sites for hydroxylation is 1. The van der Waals surface area contributed by atoms with Crippen molar-refractivity contribution in [2.45, 2.75) is 13.8 Å². The summed E-state index contributed by atoms with van der Waals surface area (Å²) in [4.78, 5) is 16.4. The molecule has 0 saturated carbocycles. The molecule has 31 heavy (non-hydrogen) atoms. The molecule has 0 atom stereocenters. The molecule has 4 rings (SSSR count). The number of aromatic nitrogens is 2. The number of carbonyl (C=O) groups excluding carboxylic acids is 1. The van der Waals surface area contributed by atoms with Gasteiger partial charge >= 0.3 is 0 Å². The van der Waals surface area contributed by atoms with E-state index in [9.17, 15) is 9.18 Å². The number of para-hydroxylation sites is 1. The van der Waals surface area contributed by atoms with Gasteiger partial charge in [0.1, 0.15) is 17.1 Å². The van der Waals surface area contributed by atoms with Gasteiger partial charge in [0.2, 0.25) is 0 Å². The zero-order chi connectivity index (χ0) is 21.8. The van der Waals surface area contributed by atoms with Gasteiger partial charge in [0.15, 0.2) is 6.61 Å². The first-order valence-electron chi connectivity index (χ1n) is 9.76. The third-order valence-corrected chi connectivity index (χ3v) is 4.88. The monoisotopic (exact) mass is 416 g/mol. The molecule has 2 aromatic heterocycles. The number of amides is 1. The lowest BCUT2D eigenvalue weighted by molar-refractivity contribution is -0.123. The van der Waals surface area contributed by atoms with Crippen LogP contribution in [0.2, 0.25) is 0 Å². The molecule has 4 aromatic rings. The number of hydrazone groups is 1. The maximum absolute atomic E-state index is 13.6. The highest BCUT2D eigenvalue weighted by atomic mass is 19.1. The first-order valence-corrected chi connectivity index (χ1v) is 9.76. The van der Waals surface area contributed by atoms with Gasteiger partial charge in [-0.2, -0.15) is 5.10 Å². The Morgan fingerprint density at radius 2 is 1.97 bits per heavy atom. The van der Waals surface area contributed by atoms with Crippen LogP contribution < -0.4 is 10.2 Å². The smallest absolute Gasteiger partial charge is 0.277 e. The van der Waals surface area contributed by atoms with Crippen LogP contribution in [0.25, 0.3) is 16.6 Å². The van der Waals surface area contributed by atoms with Crippen LogP contribution in [-0.4, -0.2) is 28.3 Å². The number of benzene rings is 2. The number of fused-ring (bicyclic) bond motifs is 1. The standard InChI is InChI=1S/C24H21FN4O2/c1-16-12-19(17(2)29(16)21-9-4-8-20(25)13-21)14-27-28-23(30)15-31-22-10-3-6-18-7-5-11-26-24(18)22/h3-14H,15H2,1-2H3,(H,28,30). The molecule has 0 aliphatic rings. The molecule has 0 bridgehead atoms. The topological polar surface area (TPSA) is 68.5 Å². The number of carbonyl (C=O) groups is 1. The fraction of sp³-hybridized carbons (Fsp3) is 0.125. The van der Waals surface area contributed by atoms with Crippen molar-refractivity contribution in [1.82, 2.24) is 15.0 Å². The van der Waals surface area contributed by atoms with Crippen LogP contribution in [0.4, 0.5) is 4.39 Å². The van der Waals surface area contributed by atoms with Gasteiger partial charge in [0.25, 0.3) is 5.91 Å². The van der Waals surface area contributed by atoms with Crippen LogP contribution in [-0.2, 0) is 4.79 Å². The quantitative estimate of drug-likeness (QED) is 0.376. The molecule has 2 heterocycles. The molecular formula is C24H21FN4O2. The Kier molecular flexibility index (Phi) is 5.75. The molecule has 156 valence electrons. The number of ether oxygens (including phenoxy) is 1. The van der Waals surface area contributed by atoms with E-state index in [1.165, 1.54) is 12.1 Å². The summed E-state index contributed by atoms with van der Waals surface area (Å²) in [6.07, 6.45) is 3.25. The van der Waals surface area contributed by atoms with E-state index in [2.05, 4.69) is 15.5 Å². The summed E-state index contributed by atoms with van der Waals surface area (Å²) in [6, 6.07) is 17.6. The van der Waals surface area contributed by atoms with E-state index in [0.29, 0.717) is 11.3 Å². The average Bonchev–Trinajstić information content (AvgIpc) is 3.05. The van der Waals surface area contributed by atoms with Gasteiger partial charge < -0.3 is 9.30 Å². The molecule has 1 N–H and O–H groups in total. The number of halogens is 1. The van der Waals surface area contributed by atoms with Crippen molar-refractivity contribution < 1.29 is 13.9 Å². The summed E-state index contributed by atoms with van der Waals surface area (Å²) >= 11 is 0. The maximum Gasteiger partial charge on any atom is 0.277 e. The lowest BCUT2D eigenvalue weighted by Gasteiger charge is -2.09. The molecule has 1 amide bonds. The first-order chi connectivity index (χ1) is 15.0. The average molecular weight is 416 g/mol. The normalized spacial score (nSPS) is 11.2. The zero-order valence-corrected chi connectivity index (χ0v) is 17.2. The summed E-state index contributed by atoms with van der Waals surface area (Å²) in [5.74, 6) is -0.145. The Bertz CT molecular complexity index is 1270. The highest BCUT2D eigenvalue weighted by molar-refractivity contribution is 5.86. The summed E-state index contributed by atoms with van der Waals surface area (Å²) in [5, 5.41) is 4.97. The lowest BCUT2D eigenvalue weighted by Crippen LogP contribution is -2.24. The maximum atomic E-state index is 13.6. The molecule has 0 spiro atoms. The van der Waals surface area contributed by atoms with Crippen molar-refractivity contribution in [1.29, 1.82) is 0 Å².